The molecule has 2 aromatic carbocycles. The molecule has 1 atom stereocenters. The average Bonchev–Trinajstić information content (AvgIpc) is 2.94. The quantitative estimate of drug-likeness (QED) is 0.409. The molecule has 0 aliphatic carbocycles. The Hall–Kier alpha value is -4.34. The van der Waals surface area contributed by atoms with E-state index in [1.54, 1.807) is 49.4 Å². The summed E-state index contributed by atoms with van der Waals surface area (Å²) in [6.07, 6.45) is 1.10. The summed E-state index contributed by atoms with van der Waals surface area (Å²) in [5.74, 6) is -2.61. The van der Waals surface area contributed by atoms with Crippen LogP contribution in [0.5, 0.6) is 0 Å². The molecule has 1 aliphatic heterocycles. The number of allylic oxidation sites excluding steroid dienone is 1. The molecule has 40 heavy (non-hydrogen) atoms. The van der Waals surface area contributed by atoms with Crippen molar-refractivity contribution in [3.63, 3.8) is 0 Å². The maximum Gasteiger partial charge on any atom is 0.355 e. The number of sulfonamides is 1. The van der Waals surface area contributed by atoms with Crippen molar-refractivity contribution >= 4 is 33.3 Å². The summed E-state index contributed by atoms with van der Waals surface area (Å²) in [5, 5.41) is 10.2. The van der Waals surface area contributed by atoms with Gasteiger partial charge in [0.1, 0.15) is 11.5 Å². The number of likely N-dealkylation sites (N-methyl/N-ethyl adjacent to an activating group) is 1. The van der Waals surface area contributed by atoms with Crippen LogP contribution in [-0.2, 0) is 29.1 Å². The molecule has 0 radical (unpaired) electrons. The van der Waals surface area contributed by atoms with E-state index in [1.165, 1.54) is 19.1 Å². The minimum atomic E-state index is -3.32. The lowest BCUT2D eigenvalue weighted by atomic mass is 9.80. The number of ether oxygens (including phenoxy) is 2. The van der Waals surface area contributed by atoms with Crippen molar-refractivity contribution in [1.29, 1.82) is 5.26 Å². The lowest BCUT2D eigenvalue weighted by molar-refractivity contribution is -0.139. The standard InChI is InChI=1S/C28H33N5O6S/c1-6-32(15-14-31-40(5,36)37)20-12-13-22(18(2)16-20)33-25(28(35)39-4)24(27(34)38-3)23(21(17-29)26(33)30)19-10-8-7-9-11-19/h7-13,16,23,31H,6,14-15,30H2,1-5H3. The fourth-order valence-electron chi connectivity index (χ4n) is 4.69. The van der Waals surface area contributed by atoms with E-state index in [0.717, 1.165) is 11.9 Å². The summed E-state index contributed by atoms with van der Waals surface area (Å²) < 4.78 is 35.6. The van der Waals surface area contributed by atoms with Gasteiger partial charge in [0.15, 0.2) is 0 Å². The summed E-state index contributed by atoms with van der Waals surface area (Å²) in [4.78, 5) is 29.8. The highest BCUT2D eigenvalue weighted by molar-refractivity contribution is 7.88. The molecule has 1 unspecified atom stereocenters. The number of nitrogens with zero attached hydrogens (tertiary/aromatic N) is 3. The van der Waals surface area contributed by atoms with Crippen molar-refractivity contribution in [3.8, 4) is 6.07 Å². The van der Waals surface area contributed by atoms with Crippen LogP contribution >= 0.6 is 0 Å². The van der Waals surface area contributed by atoms with Crippen LogP contribution in [0.2, 0.25) is 0 Å². The van der Waals surface area contributed by atoms with Crippen LogP contribution in [0.3, 0.4) is 0 Å². The second-order valence-electron chi connectivity index (χ2n) is 9.05. The molecular formula is C28H33N5O6S. The Labute approximate surface area is 234 Å². The van der Waals surface area contributed by atoms with E-state index < -0.39 is 27.9 Å². The Morgan fingerprint density at radius 3 is 2.30 bits per heavy atom. The number of benzene rings is 2. The van der Waals surface area contributed by atoms with E-state index in [0.29, 0.717) is 29.9 Å². The van der Waals surface area contributed by atoms with Gasteiger partial charge in [0.2, 0.25) is 10.0 Å². The molecule has 2 aromatic rings. The van der Waals surface area contributed by atoms with Gasteiger partial charge in [0.25, 0.3) is 0 Å². The van der Waals surface area contributed by atoms with Gasteiger partial charge < -0.3 is 20.1 Å². The fraction of sp³-hybridized carbons (Fsp3) is 0.321. The van der Waals surface area contributed by atoms with Gasteiger partial charge in [0.05, 0.1) is 49.3 Å². The zero-order chi connectivity index (χ0) is 29.6. The normalized spacial score (nSPS) is 15.5. The molecule has 0 saturated heterocycles. The van der Waals surface area contributed by atoms with E-state index in [2.05, 4.69) is 10.8 Å². The maximum absolute atomic E-state index is 13.3. The van der Waals surface area contributed by atoms with Crippen LogP contribution in [0.15, 0.2) is 71.2 Å². The Balaban J connectivity index is 2.20. The first kappa shape index (κ1) is 30.2. The fourth-order valence-corrected chi connectivity index (χ4v) is 5.15. The Morgan fingerprint density at radius 2 is 1.77 bits per heavy atom. The van der Waals surface area contributed by atoms with Crippen molar-refractivity contribution in [2.45, 2.75) is 19.8 Å². The number of rotatable bonds is 10. The van der Waals surface area contributed by atoms with Crippen LogP contribution in [0.1, 0.15) is 24.0 Å². The number of nitriles is 1. The summed E-state index contributed by atoms with van der Waals surface area (Å²) >= 11 is 0. The lowest BCUT2D eigenvalue weighted by Gasteiger charge is -2.36. The predicted octanol–water partition coefficient (Wildman–Crippen LogP) is 2.27. The third-order valence-corrected chi connectivity index (χ3v) is 7.25. The average molecular weight is 568 g/mol. The Morgan fingerprint density at radius 1 is 1.12 bits per heavy atom. The van der Waals surface area contributed by atoms with Gasteiger partial charge in [-0.05, 0) is 43.2 Å². The van der Waals surface area contributed by atoms with Gasteiger partial charge in [-0.25, -0.2) is 22.7 Å². The van der Waals surface area contributed by atoms with Gasteiger partial charge in [-0.1, -0.05) is 30.3 Å². The Bertz CT molecular complexity index is 1490. The first-order valence-corrected chi connectivity index (χ1v) is 14.3. The molecule has 0 spiro atoms. The number of hydrogen-bond donors (Lipinski definition) is 2. The van der Waals surface area contributed by atoms with Crippen molar-refractivity contribution in [3.05, 3.63) is 82.3 Å². The molecule has 1 aliphatic rings. The zero-order valence-electron chi connectivity index (χ0n) is 23.1. The highest BCUT2D eigenvalue weighted by atomic mass is 32.2. The van der Waals surface area contributed by atoms with E-state index in [1.807, 2.05) is 17.9 Å². The molecule has 0 aromatic heterocycles. The molecular weight excluding hydrogens is 534 g/mol. The van der Waals surface area contributed by atoms with Crippen molar-refractivity contribution in [1.82, 2.24) is 4.72 Å². The van der Waals surface area contributed by atoms with Crippen LogP contribution < -0.4 is 20.3 Å². The number of hydrogen-bond acceptors (Lipinski definition) is 10. The monoisotopic (exact) mass is 567 g/mol. The van der Waals surface area contributed by atoms with E-state index in [4.69, 9.17) is 15.2 Å². The first-order valence-electron chi connectivity index (χ1n) is 12.4. The SMILES string of the molecule is CCN(CCNS(C)(=O)=O)c1ccc(N2C(N)=C(C#N)C(c3ccccc3)C(C(=O)OC)=C2C(=O)OC)c(C)c1. The first-order chi connectivity index (χ1) is 19.0. The Kier molecular flexibility index (Phi) is 9.57. The minimum absolute atomic E-state index is 0.0232. The molecule has 3 N–H and O–H groups in total. The van der Waals surface area contributed by atoms with Gasteiger partial charge in [-0.15, -0.1) is 0 Å². The summed E-state index contributed by atoms with van der Waals surface area (Å²) in [6, 6.07) is 16.3. The molecule has 212 valence electrons. The number of esters is 2. The molecule has 0 saturated carbocycles. The molecule has 1 heterocycles. The summed E-state index contributed by atoms with van der Waals surface area (Å²) in [7, 11) is -0.934. The van der Waals surface area contributed by atoms with E-state index >= 15 is 0 Å². The van der Waals surface area contributed by atoms with Crippen molar-refractivity contribution in [2.24, 2.45) is 5.73 Å². The van der Waals surface area contributed by atoms with Gasteiger partial charge >= 0.3 is 11.9 Å². The molecule has 0 bridgehead atoms. The van der Waals surface area contributed by atoms with E-state index in [-0.39, 0.29) is 29.2 Å². The number of methoxy groups -OCH3 is 2. The maximum atomic E-state index is 13.3. The third-order valence-electron chi connectivity index (χ3n) is 6.52. The molecule has 12 heteroatoms. The van der Waals surface area contributed by atoms with Crippen LogP contribution in [-0.4, -0.2) is 60.5 Å². The largest absolute Gasteiger partial charge is 0.466 e. The number of carbonyl (C=O) groups excluding carboxylic acids is 2. The summed E-state index contributed by atoms with van der Waals surface area (Å²) in [6.45, 7) is 4.99. The molecule has 0 amide bonds. The lowest BCUT2D eigenvalue weighted by Crippen LogP contribution is -2.41. The van der Waals surface area contributed by atoms with E-state index in [9.17, 15) is 23.3 Å². The number of carbonyl (C=O) groups is 2. The molecule has 3 rings (SSSR count). The predicted molar refractivity (Wildman–Crippen MR) is 151 cm³/mol. The second kappa shape index (κ2) is 12.7. The topological polar surface area (TPSA) is 155 Å². The third kappa shape index (κ3) is 6.27. The van der Waals surface area contributed by atoms with Crippen molar-refractivity contribution in [2.75, 3.05) is 49.9 Å². The summed E-state index contributed by atoms with van der Waals surface area (Å²) in [5.41, 5.74) is 8.95. The van der Waals surface area contributed by atoms with Gasteiger partial charge in [-0.3, -0.25) is 4.90 Å². The van der Waals surface area contributed by atoms with Gasteiger partial charge in [0, 0.05) is 25.3 Å². The minimum Gasteiger partial charge on any atom is -0.466 e. The molecule has 11 nitrogen and oxygen atoms in total. The van der Waals surface area contributed by atoms with Crippen LogP contribution in [0.25, 0.3) is 0 Å². The van der Waals surface area contributed by atoms with Crippen LogP contribution in [0.4, 0.5) is 11.4 Å². The van der Waals surface area contributed by atoms with Gasteiger partial charge in [-0.2, -0.15) is 5.26 Å². The highest BCUT2D eigenvalue weighted by Crippen LogP contribution is 2.44. The number of nitrogens with one attached hydrogen (secondary N) is 1. The number of aryl methyl sites for hydroxylation is 1. The zero-order valence-corrected chi connectivity index (χ0v) is 23.9. The number of nitrogens with two attached hydrogens (primary N) is 1. The molecule has 0 fully saturated rings. The highest BCUT2D eigenvalue weighted by Gasteiger charge is 2.43. The second-order valence-corrected chi connectivity index (χ2v) is 10.9. The number of anilines is 2. The van der Waals surface area contributed by atoms with Crippen molar-refractivity contribution < 1.29 is 27.5 Å². The smallest absolute Gasteiger partial charge is 0.355 e. The van der Waals surface area contributed by atoms with Crippen LogP contribution in [0, 0.1) is 18.3 Å².